The summed E-state index contributed by atoms with van der Waals surface area (Å²) in [4.78, 5) is 47.7. The third kappa shape index (κ3) is 5.50. The van der Waals surface area contributed by atoms with Crippen LogP contribution in [0.4, 0.5) is 9.18 Å². The largest absolute Gasteiger partial charge is 0.342 e. The molecule has 0 saturated carbocycles. The second-order valence-electron chi connectivity index (χ2n) is 13.7. The molecule has 4 atom stereocenters. The van der Waals surface area contributed by atoms with Crippen LogP contribution in [-0.2, 0) is 9.59 Å². The zero-order valence-electron chi connectivity index (χ0n) is 24.6. The highest BCUT2D eigenvalue weighted by atomic mass is 35.5. The minimum atomic E-state index is -0.869. The number of halogens is 2. The number of rotatable bonds is 7. The average Bonchev–Trinajstić information content (AvgIpc) is 3.45. The molecule has 1 aromatic carbocycles. The van der Waals surface area contributed by atoms with Crippen LogP contribution in [0.15, 0.2) is 30.3 Å². The Kier molecular flexibility index (Phi) is 8.92. The Morgan fingerprint density at radius 3 is 2.23 bits per heavy atom. The van der Waals surface area contributed by atoms with Crippen LogP contribution in [0, 0.1) is 11.3 Å². The third-order valence-corrected chi connectivity index (χ3v) is 9.43. The van der Waals surface area contributed by atoms with Gasteiger partial charge in [-0.3, -0.25) is 19.4 Å². The van der Waals surface area contributed by atoms with Crippen LogP contribution in [0.3, 0.4) is 0 Å². The molecule has 40 heavy (non-hydrogen) atoms. The van der Waals surface area contributed by atoms with E-state index in [0.717, 1.165) is 37.4 Å². The van der Waals surface area contributed by atoms with Gasteiger partial charge in [0.05, 0.1) is 6.54 Å². The lowest BCUT2D eigenvalue weighted by Gasteiger charge is -2.48. The quantitative estimate of drug-likeness (QED) is 0.424. The van der Waals surface area contributed by atoms with Gasteiger partial charge in [-0.15, -0.1) is 12.4 Å². The Balaban J connectivity index is 0.00000370. The Bertz CT molecular complexity index is 1080. The van der Waals surface area contributed by atoms with E-state index in [9.17, 15) is 18.8 Å². The lowest BCUT2D eigenvalue weighted by Crippen LogP contribution is -2.62. The first-order chi connectivity index (χ1) is 18.4. The molecule has 7 nitrogen and oxygen atoms in total. The van der Waals surface area contributed by atoms with Gasteiger partial charge in [-0.1, -0.05) is 51.1 Å². The predicted octanol–water partition coefficient (Wildman–Crippen LogP) is 5.09. The van der Waals surface area contributed by atoms with Gasteiger partial charge in [0.15, 0.2) is 0 Å². The van der Waals surface area contributed by atoms with E-state index in [2.05, 4.69) is 54.8 Å². The van der Waals surface area contributed by atoms with Crippen molar-refractivity contribution in [1.29, 1.82) is 0 Å². The van der Waals surface area contributed by atoms with Crippen molar-refractivity contribution in [3.63, 3.8) is 0 Å². The molecule has 4 aliphatic rings. The number of carbonyl (C=O) groups is 3. The van der Waals surface area contributed by atoms with Crippen LogP contribution in [0.1, 0.15) is 78.2 Å². The van der Waals surface area contributed by atoms with Gasteiger partial charge in [-0.2, -0.15) is 0 Å². The summed E-state index contributed by atoms with van der Waals surface area (Å²) in [5, 5.41) is 0. The Hall–Kier alpha value is -2.19. The molecular weight excluding hydrogens is 531 g/mol. The molecule has 4 aliphatic heterocycles. The lowest BCUT2D eigenvalue weighted by molar-refractivity contribution is -0.138. The molecule has 0 N–H and O–H groups in total. The fraction of sp³-hybridized carbons (Fsp3) is 0.710. The first-order valence-corrected chi connectivity index (χ1v) is 14.7. The van der Waals surface area contributed by atoms with E-state index in [1.807, 2.05) is 19.9 Å². The molecule has 2 bridgehead atoms. The van der Waals surface area contributed by atoms with E-state index in [-0.39, 0.29) is 66.3 Å². The topological polar surface area (TPSA) is 64.2 Å². The Morgan fingerprint density at radius 2 is 1.68 bits per heavy atom. The van der Waals surface area contributed by atoms with Gasteiger partial charge in [0, 0.05) is 50.1 Å². The van der Waals surface area contributed by atoms with Crippen molar-refractivity contribution in [3.05, 3.63) is 35.9 Å². The normalized spacial score (nSPS) is 30.6. The fourth-order valence-electron chi connectivity index (χ4n) is 7.91. The van der Waals surface area contributed by atoms with Crippen molar-refractivity contribution in [2.24, 2.45) is 11.3 Å². The number of hydrogen-bond donors (Lipinski definition) is 0. The van der Waals surface area contributed by atoms with Crippen molar-refractivity contribution < 1.29 is 18.8 Å². The minimum absolute atomic E-state index is 0. The summed E-state index contributed by atoms with van der Waals surface area (Å²) in [5.41, 5.74) is 0.353. The van der Waals surface area contributed by atoms with Crippen molar-refractivity contribution >= 4 is 30.3 Å². The number of likely N-dealkylation sites (tertiary alicyclic amines) is 1. The number of fused-ring (bicyclic) bond motifs is 2. The van der Waals surface area contributed by atoms with Gasteiger partial charge in [0.2, 0.25) is 5.91 Å². The zero-order valence-corrected chi connectivity index (χ0v) is 25.5. The predicted molar refractivity (Wildman–Crippen MR) is 156 cm³/mol. The van der Waals surface area contributed by atoms with Crippen molar-refractivity contribution in [3.8, 4) is 0 Å². The summed E-state index contributed by atoms with van der Waals surface area (Å²) in [6.07, 6.45) is 3.74. The molecule has 0 aromatic heterocycles. The maximum atomic E-state index is 13.7. The Morgan fingerprint density at radius 1 is 1.05 bits per heavy atom. The molecule has 4 saturated heterocycles. The van der Waals surface area contributed by atoms with Crippen molar-refractivity contribution in [2.45, 2.75) is 96.3 Å². The van der Waals surface area contributed by atoms with Gasteiger partial charge in [-0.25, -0.2) is 9.18 Å². The molecule has 0 aliphatic carbocycles. The zero-order chi connectivity index (χ0) is 28.1. The monoisotopic (exact) mass is 576 g/mol. The second-order valence-corrected chi connectivity index (χ2v) is 13.7. The molecule has 5 rings (SSSR count). The number of amides is 4. The molecule has 4 heterocycles. The number of nitrogens with zero attached hydrogens (tertiary/aromatic N) is 4. The highest BCUT2D eigenvalue weighted by Crippen LogP contribution is 2.49. The molecular formula is C31H46ClFN4O3. The van der Waals surface area contributed by atoms with Gasteiger partial charge >= 0.3 is 6.03 Å². The van der Waals surface area contributed by atoms with Gasteiger partial charge in [0.25, 0.3) is 5.91 Å². The molecule has 1 aromatic rings. The van der Waals surface area contributed by atoms with E-state index >= 15 is 0 Å². The standard InChI is InChI=1S/C31H45FN4O3.ClH/c1-21(2)36-29(39)34(14-13-32)28(38)31(36)15-24-11-12-25(16-31)35(24)19-23-18-33(27(37)17-30(3,4)5)20-26(23)22-9-7-6-8-10-22;/h6-10,21,23-26H,11-20H2,1-5H3;1H/t23-,24?,25?,26-,31?;/m1./s1. The van der Waals surface area contributed by atoms with Gasteiger partial charge in [-0.05, 0) is 56.4 Å². The molecule has 1 spiro atoms. The van der Waals surface area contributed by atoms with Crippen LogP contribution < -0.4 is 0 Å². The molecule has 4 amide bonds. The van der Waals surface area contributed by atoms with Gasteiger partial charge < -0.3 is 9.80 Å². The maximum Gasteiger partial charge on any atom is 0.327 e. The van der Waals surface area contributed by atoms with Crippen LogP contribution >= 0.6 is 12.4 Å². The molecule has 222 valence electrons. The van der Waals surface area contributed by atoms with Crippen LogP contribution in [0.5, 0.6) is 0 Å². The van der Waals surface area contributed by atoms with E-state index in [1.54, 1.807) is 4.90 Å². The van der Waals surface area contributed by atoms with Crippen LogP contribution in [0.25, 0.3) is 0 Å². The number of hydrogen-bond acceptors (Lipinski definition) is 4. The van der Waals surface area contributed by atoms with E-state index in [1.165, 1.54) is 5.56 Å². The highest BCUT2D eigenvalue weighted by molar-refractivity contribution is 6.07. The second kappa shape index (κ2) is 11.6. The Labute approximate surface area is 244 Å². The summed E-state index contributed by atoms with van der Waals surface area (Å²) in [5.74, 6) is 0.588. The van der Waals surface area contributed by atoms with Crippen molar-refractivity contribution in [1.82, 2.24) is 19.6 Å². The highest BCUT2D eigenvalue weighted by Gasteiger charge is 2.63. The van der Waals surface area contributed by atoms with Crippen LogP contribution in [0.2, 0.25) is 0 Å². The SMILES string of the molecule is CC(C)N1C(=O)N(CCF)C(=O)C12CC1CCC(C2)N1C[C@H]1CN(C(=O)CC(C)(C)C)C[C@@H]1c1ccccc1.Cl. The lowest BCUT2D eigenvalue weighted by atomic mass is 9.79. The van der Waals surface area contributed by atoms with Crippen LogP contribution in [-0.4, -0.2) is 94.0 Å². The van der Waals surface area contributed by atoms with Gasteiger partial charge in [0.1, 0.15) is 12.2 Å². The summed E-state index contributed by atoms with van der Waals surface area (Å²) < 4.78 is 13.3. The number of urea groups is 1. The third-order valence-electron chi connectivity index (χ3n) is 9.43. The summed E-state index contributed by atoms with van der Waals surface area (Å²) in [6, 6.07) is 10.5. The first-order valence-electron chi connectivity index (χ1n) is 14.7. The molecule has 4 fully saturated rings. The number of carbonyl (C=O) groups excluding carboxylic acids is 3. The number of imide groups is 1. The summed E-state index contributed by atoms with van der Waals surface area (Å²) in [6.45, 7) is 11.7. The first kappa shape index (κ1) is 30.8. The fourth-order valence-corrected chi connectivity index (χ4v) is 7.91. The smallest absolute Gasteiger partial charge is 0.327 e. The summed E-state index contributed by atoms with van der Waals surface area (Å²) in [7, 11) is 0. The number of benzene rings is 1. The number of piperidine rings is 1. The van der Waals surface area contributed by atoms with E-state index < -0.39 is 12.2 Å². The number of alkyl halides is 1. The molecule has 2 unspecified atom stereocenters. The molecule has 9 heteroatoms. The minimum Gasteiger partial charge on any atom is -0.342 e. The summed E-state index contributed by atoms with van der Waals surface area (Å²) >= 11 is 0. The van der Waals surface area contributed by atoms with E-state index in [0.29, 0.717) is 25.2 Å². The maximum absolute atomic E-state index is 13.7. The average molecular weight is 577 g/mol. The van der Waals surface area contributed by atoms with Crippen molar-refractivity contribution in [2.75, 3.05) is 32.9 Å². The molecule has 0 radical (unpaired) electrons. The van der Waals surface area contributed by atoms with E-state index in [4.69, 9.17) is 0 Å².